The van der Waals surface area contributed by atoms with Gasteiger partial charge in [-0.25, -0.2) is 4.98 Å². The van der Waals surface area contributed by atoms with Gasteiger partial charge < -0.3 is 19.9 Å². The molecule has 0 amide bonds. The molecular formula is C23H30N4O. The maximum absolute atomic E-state index is 5.50. The minimum atomic E-state index is 0.374. The van der Waals surface area contributed by atoms with Gasteiger partial charge in [-0.2, -0.15) is 0 Å². The number of nitrogens with zero attached hydrogens (tertiary/aromatic N) is 3. The molecule has 4 rings (SSSR count). The Morgan fingerprint density at radius 1 is 1.29 bits per heavy atom. The van der Waals surface area contributed by atoms with E-state index in [0.29, 0.717) is 6.04 Å². The average Bonchev–Trinajstić information content (AvgIpc) is 2.97. The maximum atomic E-state index is 5.50. The third-order valence-electron chi connectivity index (χ3n) is 5.98. The lowest BCUT2D eigenvalue weighted by molar-refractivity contribution is 0.405. The van der Waals surface area contributed by atoms with E-state index in [9.17, 15) is 0 Å². The molecule has 0 radical (unpaired) electrons. The summed E-state index contributed by atoms with van der Waals surface area (Å²) in [7, 11) is 8.15. The quantitative estimate of drug-likeness (QED) is 0.775. The first-order valence-corrected chi connectivity index (χ1v) is 10.00. The first kappa shape index (κ1) is 18.8. The van der Waals surface area contributed by atoms with Gasteiger partial charge in [0.1, 0.15) is 11.6 Å². The molecule has 5 heteroatoms. The van der Waals surface area contributed by atoms with E-state index >= 15 is 0 Å². The number of ether oxygens (including phenoxy) is 1. The van der Waals surface area contributed by atoms with Gasteiger partial charge in [0.15, 0.2) is 0 Å². The van der Waals surface area contributed by atoms with Gasteiger partial charge in [-0.1, -0.05) is 0 Å². The van der Waals surface area contributed by atoms with Crippen molar-refractivity contribution in [1.29, 1.82) is 0 Å². The molecule has 1 aliphatic carbocycles. The Bertz CT molecular complexity index is 919. The topological polar surface area (TPSA) is 40.6 Å². The van der Waals surface area contributed by atoms with Crippen molar-refractivity contribution in [1.82, 2.24) is 9.88 Å². The lowest BCUT2D eigenvalue weighted by atomic mass is 9.82. The molecule has 1 aliphatic heterocycles. The number of fused-ring (bicyclic) bond motifs is 4. The predicted octanol–water partition coefficient (Wildman–Crippen LogP) is 3.76. The molecule has 0 fully saturated rings. The largest absolute Gasteiger partial charge is 0.497 e. The summed E-state index contributed by atoms with van der Waals surface area (Å²) in [5.74, 6) is 1.92. The summed E-state index contributed by atoms with van der Waals surface area (Å²) >= 11 is 0. The molecule has 1 atom stereocenters. The molecule has 2 heterocycles. The lowest BCUT2D eigenvalue weighted by Crippen LogP contribution is -2.32. The predicted molar refractivity (Wildman–Crippen MR) is 117 cm³/mol. The van der Waals surface area contributed by atoms with Crippen LogP contribution < -0.4 is 15.0 Å². The van der Waals surface area contributed by atoms with Crippen molar-refractivity contribution in [3.8, 4) is 5.75 Å². The van der Waals surface area contributed by atoms with E-state index < -0.39 is 0 Å². The molecule has 2 aliphatic rings. The Morgan fingerprint density at radius 3 is 2.86 bits per heavy atom. The molecule has 2 aromatic rings. The van der Waals surface area contributed by atoms with E-state index in [1.807, 2.05) is 6.20 Å². The summed E-state index contributed by atoms with van der Waals surface area (Å²) < 4.78 is 5.50. The number of benzene rings is 1. The Morgan fingerprint density at radius 2 is 2.11 bits per heavy atom. The van der Waals surface area contributed by atoms with Crippen LogP contribution in [0.5, 0.6) is 5.75 Å². The van der Waals surface area contributed by atoms with Gasteiger partial charge in [0, 0.05) is 36.6 Å². The zero-order valence-electron chi connectivity index (χ0n) is 17.5. The van der Waals surface area contributed by atoms with Gasteiger partial charge in [0.25, 0.3) is 0 Å². The van der Waals surface area contributed by atoms with Crippen LogP contribution in [0.4, 0.5) is 11.5 Å². The molecule has 0 saturated carbocycles. The van der Waals surface area contributed by atoms with Crippen molar-refractivity contribution in [2.45, 2.75) is 25.8 Å². The van der Waals surface area contributed by atoms with E-state index in [0.717, 1.165) is 37.5 Å². The third-order valence-corrected chi connectivity index (χ3v) is 5.98. The van der Waals surface area contributed by atoms with Crippen LogP contribution in [0.25, 0.3) is 11.1 Å². The second-order valence-electron chi connectivity index (χ2n) is 8.03. The standard InChI is InChI=1S/C23H30N4O/c1-15-21-16(9-11-25-23(21)24-10-6-12-26(2)3)13-20-22(15)18-14-17(28-5)7-8-19(18)27(20)4/h7-9,11,14,20H,6,10,12-13H2,1-5H3,(H,24,25). The van der Waals surface area contributed by atoms with Crippen LogP contribution >= 0.6 is 0 Å². The number of hydrogen-bond acceptors (Lipinski definition) is 5. The van der Waals surface area contributed by atoms with E-state index in [1.165, 1.54) is 33.5 Å². The minimum absolute atomic E-state index is 0.374. The smallest absolute Gasteiger partial charge is 0.133 e. The van der Waals surface area contributed by atoms with Crippen molar-refractivity contribution < 1.29 is 4.74 Å². The van der Waals surface area contributed by atoms with Crippen LogP contribution in [-0.4, -0.2) is 57.3 Å². The number of hydrogen-bond donors (Lipinski definition) is 1. The molecule has 148 valence electrons. The monoisotopic (exact) mass is 378 g/mol. The molecule has 1 aromatic heterocycles. The third kappa shape index (κ3) is 3.14. The summed E-state index contributed by atoms with van der Waals surface area (Å²) in [6.07, 6.45) is 4.04. The van der Waals surface area contributed by atoms with Crippen LogP contribution in [0.1, 0.15) is 30.0 Å². The van der Waals surface area contributed by atoms with Gasteiger partial charge in [0.05, 0.1) is 13.2 Å². The fourth-order valence-electron chi connectivity index (χ4n) is 4.57. The van der Waals surface area contributed by atoms with E-state index in [1.54, 1.807) is 7.11 Å². The highest BCUT2D eigenvalue weighted by molar-refractivity contribution is 6.04. The number of methoxy groups -OCH3 is 1. The van der Waals surface area contributed by atoms with Crippen molar-refractivity contribution in [2.75, 3.05) is 51.6 Å². The number of allylic oxidation sites excluding steroid dienone is 1. The number of rotatable bonds is 6. The second-order valence-corrected chi connectivity index (χ2v) is 8.03. The highest BCUT2D eigenvalue weighted by Gasteiger charge is 2.37. The molecule has 1 aromatic carbocycles. The van der Waals surface area contributed by atoms with Crippen molar-refractivity contribution in [3.05, 3.63) is 47.2 Å². The first-order chi connectivity index (χ1) is 13.5. The molecule has 1 unspecified atom stereocenters. The Hall–Kier alpha value is -2.53. The summed E-state index contributed by atoms with van der Waals surface area (Å²) in [4.78, 5) is 9.30. The van der Waals surface area contributed by atoms with Crippen LogP contribution in [0.2, 0.25) is 0 Å². The van der Waals surface area contributed by atoms with E-state index in [-0.39, 0.29) is 0 Å². The minimum Gasteiger partial charge on any atom is -0.497 e. The van der Waals surface area contributed by atoms with Gasteiger partial charge in [-0.05, 0) is 81.4 Å². The summed E-state index contributed by atoms with van der Waals surface area (Å²) in [6.45, 7) is 4.25. The zero-order chi connectivity index (χ0) is 19.8. The lowest BCUT2D eigenvalue weighted by Gasteiger charge is -2.30. The molecular weight excluding hydrogens is 348 g/mol. The van der Waals surface area contributed by atoms with Crippen LogP contribution in [0.15, 0.2) is 30.5 Å². The summed E-state index contributed by atoms with van der Waals surface area (Å²) in [5, 5.41) is 3.59. The molecule has 0 spiro atoms. The zero-order valence-corrected chi connectivity index (χ0v) is 17.5. The van der Waals surface area contributed by atoms with Gasteiger partial charge in [-0.15, -0.1) is 0 Å². The fourth-order valence-corrected chi connectivity index (χ4v) is 4.57. The van der Waals surface area contributed by atoms with Crippen LogP contribution in [-0.2, 0) is 6.42 Å². The number of aromatic nitrogens is 1. The molecule has 5 nitrogen and oxygen atoms in total. The molecule has 28 heavy (non-hydrogen) atoms. The van der Waals surface area contributed by atoms with E-state index in [4.69, 9.17) is 4.74 Å². The van der Waals surface area contributed by atoms with Gasteiger partial charge >= 0.3 is 0 Å². The Balaban J connectivity index is 1.73. The average molecular weight is 379 g/mol. The van der Waals surface area contributed by atoms with Crippen molar-refractivity contribution >= 4 is 22.7 Å². The van der Waals surface area contributed by atoms with Crippen molar-refractivity contribution in [3.63, 3.8) is 0 Å². The summed E-state index contributed by atoms with van der Waals surface area (Å²) in [6, 6.07) is 8.96. The van der Waals surface area contributed by atoms with Crippen molar-refractivity contribution in [2.24, 2.45) is 0 Å². The number of pyridine rings is 1. The number of nitrogens with one attached hydrogen (secondary N) is 1. The van der Waals surface area contributed by atoms with Crippen LogP contribution in [0, 0.1) is 0 Å². The van der Waals surface area contributed by atoms with Gasteiger partial charge in [0.2, 0.25) is 0 Å². The number of likely N-dealkylation sites (N-methyl/N-ethyl adjacent to an activating group) is 1. The first-order valence-electron chi connectivity index (χ1n) is 10.00. The molecule has 0 bridgehead atoms. The summed E-state index contributed by atoms with van der Waals surface area (Å²) in [5.41, 5.74) is 7.96. The second kappa shape index (κ2) is 7.47. The Kier molecular flexibility index (Phi) is 5.02. The van der Waals surface area contributed by atoms with Gasteiger partial charge in [-0.3, -0.25) is 0 Å². The SMILES string of the molecule is COc1ccc2c(c1)C1=C(C)c3c(ccnc3NCCCN(C)C)CC1N2C. The highest BCUT2D eigenvalue weighted by Crippen LogP contribution is 2.49. The van der Waals surface area contributed by atoms with E-state index in [2.05, 4.69) is 72.4 Å². The Labute approximate surface area is 168 Å². The normalized spacial score (nSPS) is 17.5. The maximum Gasteiger partial charge on any atom is 0.133 e. The van der Waals surface area contributed by atoms with Crippen LogP contribution in [0.3, 0.4) is 0 Å². The fraction of sp³-hybridized carbons (Fsp3) is 0.435. The number of anilines is 2. The highest BCUT2D eigenvalue weighted by atomic mass is 16.5. The molecule has 1 N–H and O–H groups in total. The molecule has 0 saturated heterocycles.